The number of fused-ring (bicyclic) bond motifs is 1. The number of ether oxygens (including phenoxy) is 1. The molecule has 0 spiro atoms. The van der Waals surface area contributed by atoms with Crippen LogP contribution < -0.4 is 14.8 Å². The number of hydrogen-bond acceptors (Lipinski definition) is 5. The fourth-order valence-electron chi connectivity index (χ4n) is 3.30. The van der Waals surface area contributed by atoms with Crippen molar-refractivity contribution in [3.63, 3.8) is 0 Å². The highest BCUT2D eigenvalue weighted by Crippen LogP contribution is 2.32. The van der Waals surface area contributed by atoms with Gasteiger partial charge in [0.05, 0.1) is 16.3 Å². The van der Waals surface area contributed by atoms with Gasteiger partial charge in [0.1, 0.15) is 5.75 Å². The van der Waals surface area contributed by atoms with Crippen LogP contribution in [0.15, 0.2) is 17.0 Å². The average Bonchev–Trinajstić information content (AvgIpc) is 2.88. The number of aromatic nitrogens is 2. The van der Waals surface area contributed by atoms with E-state index in [-0.39, 0.29) is 24.0 Å². The highest BCUT2D eigenvalue weighted by atomic mass is 32.2. The van der Waals surface area contributed by atoms with Crippen LogP contribution in [0.5, 0.6) is 5.75 Å². The third-order valence-electron chi connectivity index (χ3n) is 4.70. The van der Waals surface area contributed by atoms with Gasteiger partial charge in [0.2, 0.25) is 10.0 Å². The summed E-state index contributed by atoms with van der Waals surface area (Å²) in [5.41, 5.74) is 4.07. The number of aryl methyl sites for hydroxylation is 3. The van der Waals surface area contributed by atoms with E-state index in [4.69, 9.17) is 4.74 Å². The molecular formula is C18H24N4O4S. The first kappa shape index (κ1) is 19.4. The molecule has 0 aliphatic carbocycles. The second kappa shape index (κ2) is 7.32. The molecule has 0 saturated carbocycles. The molecular weight excluding hydrogens is 368 g/mol. The van der Waals surface area contributed by atoms with Crippen molar-refractivity contribution in [3.05, 3.63) is 34.6 Å². The van der Waals surface area contributed by atoms with Crippen molar-refractivity contribution in [2.45, 2.75) is 45.6 Å². The third-order valence-corrected chi connectivity index (χ3v) is 6.30. The van der Waals surface area contributed by atoms with Gasteiger partial charge in [0.15, 0.2) is 6.61 Å². The Balaban J connectivity index is 1.76. The van der Waals surface area contributed by atoms with Gasteiger partial charge in [-0.25, -0.2) is 13.1 Å². The molecule has 0 fully saturated rings. The number of hydrogen-bond donors (Lipinski definition) is 2. The molecule has 0 radical (unpaired) electrons. The summed E-state index contributed by atoms with van der Waals surface area (Å²) >= 11 is 0. The van der Waals surface area contributed by atoms with Crippen LogP contribution in [0.1, 0.15) is 29.4 Å². The van der Waals surface area contributed by atoms with E-state index in [0.29, 0.717) is 23.4 Å². The van der Waals surface area contributed by atoms with E-state index in [1.54, 1.807) is 13.0 Å². The van der Waals surface area contributed by atoms with Crippen LogP contribution >= 0.6 is 0 Å². The van der Waals surface area contributed by atoms with Gasteiger partial charge in [-0.15, -0.1) is 0 Å². The lowest BCUT2D eigenvalue weighted by molar-refractivity contribution is -0.118. The predicted molar refractivity (Wildman–Crippen MR) is 102 cm³/mol. The fraction of sp³-hybridized carbons (Fsp3) is 0.444. The quantitative estimate of drug-likeness (QED) is 0.779. The second-order valence-electron chi connectivity index (χ2n) is 6.56. The van der Waals surface area contributed by atoms with Crippen LogP contribution in [0.25, 0.3) is 0 Å². The number of rotatable bonds is 6. The molecule has 0 saturated heterocycles. The summed E-state index contributed by atoms with van der Waals surface area (Å²) in [4.78, 5) is 11.5. The molecule has 1 aromatic carbocycles. The molecule has 0 atom stereocenters. The van der Waals surface area contributed by atoms with Crippen LogP contribution in [-0.2, 0) is 27.8 Å². The summed E-state index contributed by atoms with van der Waals surface area (Å²) in [5.74, 6) is 0.102. The van der Waals surface area contributed by atoms with Crippen molar-refractivity contribution in [2.75, 3.05) is 18.5 Å². The number of carbonyl (C=O) groups is 1. The highest BCUT2D eigenvalue weighted by Gasteiger charge is 2.23. The minimum absolute atomic E-state index is 0.122. The van der Waals surface area contributed by atoms with E-state index in [9.17, 15) is 13.2 Å². The molecule has 2 heterocycles. The molecule has 9 heteroatoms. The number of nitrogens with zero attached hydrogens (tertiary/aromatic N) is 2. The van der Waals surface area contributed by atoms with Gasteiger partial charge in [-0.05, 0) is 51.3 Å². The Kier molecular flexibility index (Phi) is 5.25. The first-order chi connectivity index (χ1) is 12.7. The number of benzene rings is 1. The monoisotopic (exact) mass is 392 g/mol. The second-order valence-corrected chi connectivity index (χ2v) is 8.30. The Labute approximate surface area is 159 Å². The largest absolute Gasteiger partial charge is 0.482 e. The lowest BCUT2D eigenvalue weighted by Crippen LogP contribution is -2.28. The van der Waals surface area contributed by atoms with Crippen molar-refractivity contribution < 1.29 is 17.9 Å². The topological polar surface area (TPSA) is 102 Å². The SMILES string of the molecule is CCn1nc(C)c(CCNS(=O)(=O)c2cc3c(cc2C)NC(=O)CO3)c1C. The smallest absolute Gasteiger partial charge is 0.262 e. The Morgan fingerprint density at radius 3 is 2.70 bits per heavy atom. The van der Waals surface area contributed by atoms with Crippen molar-refractivity contribution in [1.82, 2.24) is 14.5 Å². The Morgan fingerprint density at radius 2 is 2.04 bits per heavy atom. The average molecular weight is 392 g/mol. The zero-order chi connectivity index (χ0) is 19.8. The summed E-state index contributed by atoms with van der Waals surface area (Å²) in [5, 5.41) is 7.13. The van der Waals surface area contributed by atoms with Crippen LogP contribution in [-0.4, -0.2) is 37.3 Å². The van der Waals surface area contributed by atoms with E-state index in [2.05, 4.69) is 15.1 Å². The standard InChI is InChI=1S/C18H24N4O4S/c1-5-22-13(4)14(12(3)21-22)6-7-19-27(24,25)17-9-16-15(8-11(17)2)20-18(23)10-26-16/h8-9,19H,5-7,10H2,1-4H3,(H,20,23). The molecule has 2 aromatic rings. The summed E-state index contributed by atoms with van der Waals surface area (Å²) < 4.78 is 35.4. The van der Waals surface area contributed by atoms with E-state index in [0.717, 1.165) is 23.5 Å². The van der Waals surface area contributed by atoms with Crippen molar-refractivity contribution in [2.24, 2.45) is 0 Å². The normalized spacial score (nSPS) is 13.9. The van der Waals surface area contributed by atoms with Crippen LogP contribution in [0.4, 0.5) is 5.69 Å². The van der Waals surface area contributed by atoms with Crippen LogP contribution in [0.2, 0.25) is 0 Å². The predicted octanol–water partition coefficient (Wildman–Crippen LogP) is 1.68. The zero-order valence-electron chi connectivity index (χ0n) is 15.9. The molecule has 0 unspecified atom stereocenters. The van der Waals surface area contributed by atoms with Crippen molar-refractivity contribution in [1.29, 1.82) is 0 Å². The van der Waals surface area contributed by atoms with Gasteiger partial charge in [0, 0.05) is 24.8 Å². The minimum atomic E-state index is -3.70. The number of nitrogens with one attached hydrogen (secondary N) is 2. The number of amides is 1. The fourth-order valence-corrected chi connectivity index (χ4v) is 4.57. The molecule has 1 amide bonds. The van der Waals surface area contributed by atoms with Gasteiger partial charge >= 0.3 is 0 Å². The first-order valence-electron chi connectivity index (χ1n) is 8.82. The minimum Gasteiger partial charge on any atom is -0.482 e. The maximum absolute atomic E-state index is 12.7. The van der Waals surface area contributed by atoms with E-state index in [1.165, 1.54) is 6.07 Å². The summed E-state index contributed by atoms with van der Waals surface area (Å²) in [6.07, 6.45) is 0.563. The first-order valence-corrected chi connectivity index (χ1v) is 10.3. The van der Waals surface area contributed by atoms with E-state index >= 15 is 0 Å². The molecule has 2 N–H and O–H groups in total. The van der Waals surface area contributed by atoms with Crippen LogP contribution in [0.3, 0.4) is 0 Å². The molecule has 146 valence electrons. The summed E-state index contributed by atoms with van der Waals surface area (Å²) in [7, 11) is -3.70. The Hall–Kier alpha value is -2.39. The molecule has 1 aliphatic rings. The number of carbonyl (C=O) groups excluding carboxylic acids is 1. The maximum Gasteiger partial charge on any atom is 0.262 e. The molecule has 1 aliphatic heterocycles. The molecule has 8 nitrogen and oxygen atoms in total. The van der Waals surface area contributed by atoms with Gasteiger partial charge < -0.3 is 10.1 Å². The van der Waals surface area contributed by atoms with Crippen molar-refractivity contribution in [3.8, 4) is 5.75 Å². The molecule has 3 rings (SSSR count). The molecule has 0 bridgehead atoms. The van der Waals surface area contributed by atoms with Gasteiger partial charge in [-0.1, -0.05) is 0 Å². The third kappa shape index (κ3) is 3.84. The molecule has 27 heavy (non-hydrogen) atoms. The summed E-state index contributed by atoms with van der Waals surface area (Å²) in [6, 6.07) is 3.07. The number of anilines is 1. The van der Waals surface area contributed by atoms with E-state index in [1.807, 2.05) is 25.5 Å². The van der Waals surface area contributed by atoms with Crippen LogP contribution in [0, 0.1) is 20.8 Å². The maximum atomic E-state index is 12.7. The zero-order valence-corrected chi connectivity index (χ0v) is 16.7. The van der Waals surface area contributed by atoms with Gasteiger partial charge in [-0.2, -0.15) is 5.10 Å². The lowest BCUT2D eigenvalue weighted by atomic mass is 10.1. The van der Waals surface area contributed by atoms with Gasteiger partial charge in [0.25, 0.3) is 5.91 Å². The van der Waals surface area contributed by atoms with E-state index < -0.39 is 10.0 Å². The Bertz CT molecular complexity index is 995. The molecule has 1 aromatic heterocycles. The highest BCUT2D eigenvalue weighted by molar-refractivity contribution is 7.89. The van der Waals surface area contributed by atoms with Gasteiger partial charge in [-0.3, -0.25) is 9.48 Å². The lowest BCUT2D eigenvalue weighted by Gasteiger charge is -2.20. The summed E-state index contributed by atoms with van der Waals surface area (Å²) in [6.45, 7) is 8.57. The van der Waals surface area contributed by atoms with Crippen molar-refractivity contribution >= 4 is 21.6 Å². The Morgan fingerprint density at radius 1 is 1.30 bits per heavy atom. The number of sulfonamides is 1.